The summed E-state index contributed by atoms with van der Waals surface area (Å²) in [6, 6.07) is -0.867. The molecule has 8 nitrogen and oxygen atoms in total. The van der Waals surface area contributed by atoms with Gasteiger partial charge in [0.15, 0.2) is 5.82 Å². The number of carbonyl (C=O) groups is 2. The molecule has 1 amide bonds. The van der Waals surface area contributed by atoms with E-state index in [4.69, 9.17) is 5.11 Å². The Hall–Kier alpha value is -1.99. The lowest BCUT2D eigenvalue weighted by Crippen LogP contribution is -2.41. The largest absolute Gasteiger partial charge is 0.480 e. The first kappa shape index (κ1) is 12.1. The number of nitrogens with zero attached hydrogens (tertiary/aromatic N) is 4. The third-order valence-corrected chi connectivity index (χ3v) is 2.07. The normalized spacial score (nSPS) is 12.1. The highest BCUT2D eigenvalue weighted by molar-refractivity contribution is 5.84. The second-order valence-electron chi connectivity index (χ2n) is 3.26. The second-order valence-corrected chi connectivity index (χ2v) is 3.26. The molecule has 1 aromatic heterocycles. The summed E-state index contributed by atoms with van der Waals surface area (Å²) in [5.41, 5.74) is 0. The van der Waals surface area contributed by atoms with Gasteiger partial charge in [0.05, 0.1) is 6.42 Å². The van der Waals surface area contributed by atoms with Crippen molar-refractivity contribution < 1.29 is 14.7 Å². The number of aliphatic carboxylic acids is 1. The maximum absolute atomic E-state index is 11.5. The van der Waals surface area contributed by atoms with Crippen LogP contribution in [0.3, 0.4) is 0 Å². The summed E-state index contributed by atoms with van der Waals surface area (Å²) in [5, 5.41) is 21.7. The van der Waals surface area contributed by atoms with Gasteiger partial charge in [-0.05, 0) is 16.8 Å². The molecule has 0 saturated carbocycles. The van der Waals surface area contributed by atoms with E-state index in [0.717, 1.165) is 0 Å². The molecule has 0 aliphatic heterocycles. The minimum absolute atomic E-state index is 0.0344. The number of aryl methyl sites for hydroxylation is 1. The van der Waals surface area contributed by atoms with Gasteiger partial charge in [-0.1, -0.05) is 6.92 Å². The van der Waals surface area contributed by atoms with Crippen molar-refractivity contribution >= 4 is 11.9 Å². The van der Waals surface area contributed by atoms with E-state index in [1.54, 1.807) is 14.0 Å². The van der Waals surface area contributed by atoms with Crippen molar-refractivity contribution in [3.8, 4) is 0 Å². The average Bonchev–Trinajstić information content (AvgIpc) is 2.60. The lowest BCUT2D eigenvalue weighted by molar-refractivity contribution is -0.141. The van der Waals surface area contributed by atoms with Crippen molar-refractivity contribution in [3.05, 3.63) is 5.82 Å². The van der Waals surface area contributed by atoms with Gasteiger partial charge in [-0.2, -0.15) is 0 Å². The first-order chi connectivity index (χ1) is 7.54. The molecule has 0 aliphatic carbocycles. The summed E-state index contributed by atoms with van der Waals surface area (Å²) in [7, 11) is 1.61. The Kier molecular flexibility index (Phi) is 3.92. The molecule has 0 aliphatic rings. The predicted molar refractivity (Wildman–Crippen MR) is 52.4 cm³/mol. The van der Waals surface area contributed by atoms with E-state index < -0.39 is 17.9 Å². The van der Waals surface area contributed by atoms with Gasteiger partial charge in [0.1, 0.15) is 6.04 Å². The van der Waals surface area contributed by atoms with Crippen LogP contribution in [0.2, 0.25) is 0 Å². The van der Waals surface area contributed by atoms with Crippen molar-refractivity contribution in [1.82, 2.24) is 25.5 Å². The SMILES string of the molecule is CCC(NC(=O)Cc1nnnn1C)C(=O)O. The number of carbonyl (C=O) groups excluding carboxylic acids is 1. The minimum atomic E-state index is -1.05. The number of carboxylic acids is 1. The van der Waals surface area contributed by atoms with Crippen LogP contribution >= 0.6 is 0 Å². The van der Waals surface area contributed by atoms with E-state index >= 15 is 0 Å². The topological polar surface area (TPSA) is 110 Å². The minimum Gasteiger partial charge on any atom is -0.480 e. The van der Waals surface area contributed by atoms with Crippen molar-refractivity contribution in [2.75, 3.05) is 0 Å². The lowest BCUT2D eigenvalue weighted by atomic mass is 10.2. The second kappa shape index (κ2) is 5.19. The number of carboxylic acid groups (broad SMARTS) is 1. The highest BCUT2D eigenvalue weighted by Gasteiger charge is 2.18. The van der Waals surface area contributed by atoms with Gasteiger partial charge in [0.25, 0.3) is 0 Å². The van der Waals surface area contributed by atoms with Crippen LogP contribution in [0, 0.1) is 0 Å². The van der Waals surface area contributed by atoms with Crippen LogP contribution in [0.15, 0.2) is 0 Å². The van der Waals surface area contributed by atoms with Gasteiger partial charge in [-0.25, -0.2) is 9.48 Å². The molecule has 16 heavy (non-hydrogen) atoms. The van der Waals surface area contributed by atoms with Crippen LogP contribution in [0.25, 0.3) is 0 Å². The summed E-state index contributed by atoms with van der Waals surface area (Å²) in [4.78, 5) is 22.1. The maximum Gasteiger partial charge on any atom is 0.326 e. The fraction of sp³-hybridized carbons (Fsp3) is 0.625. The molecule has 0 spiro atoms. The third kappa shape index (κ3) is 3.01. The molecule has 2 N–H and O–H groups in total. The average molecular weight is 227 g/mol. The number of amides is 1. The molecule has 0 radical (unpaired) electrons. The van der Waals surface area contributed by atoms with Crippen LogP contribution in [0.4, 0.5) is 0 Å². The Balaban J connectivity index is 2.54. The Morgan fingerprint density at radius 2 is 2.25 bits per heavy atom. The summed E-state index contributed by atoms with van der Waals surface area (Å²) < 4.78 is 1.36. The molecule has 0 saturated heterocycles. The van der Waals surface area contributed by atoms with E-state index in [1.807, 2.05) is 0 Å². The van der Waals surface area contributed by atoms with Crippen LogP contribution < -0.4 is 5.32 Å². The molecule has 88 valence electrons. The van der Waals surface area contributed by atoms with Gasteiger partial charge >= 0.3 is 5.97 Å². The first-order valence-corrected chi connectivity index (χ1v) is 4.78. The smallest absolute Gasteiger partial charge is 0.326 e. The van der Waals surface area contributed by atoms with Crippen LogP contribution in [0.5, 0.6) is 0 Å². The van der Waals surface area contributed by atoms with Gasteiger partial charge in [0, 0.05) is 7.05 Å². The van der Waals surface area contributed by atoms with E-state index in [9.17, 15) is 9.59 Å². The van der Waals surface area contributed by atoms with Crippen LogP contribution in [-0.2, 0) is 23.1 Å². The lowest BCUT2D eigenvalue weighted by Gasteiger charge is -2.11. The number of hydrogen-bond acceptors (Lipinski definition) is 5. The predicted octanol–water partition coefficient (Wildman–Crippen LogP) is -1.27. The van der Waals surface area contributed by atoms with Crippen molar-refractivity contribution in [1.29, 1.82) is 0 Å². The molecule has 8 heteroatoms. The maximum atomic E-state index is 11.5. The third-order valence-electron chi connectivity index (χ3n) is 2.07. The molecule has 0 bridgehead atoms. The molecule has 1 atom stereocenters. The zero-order valence-electron chi connectivity index (χ0n) is 9.04. The summed E-state index contributed by atoms with van der Waals surface area (Å²) >= 11 is 0. The zero-order chi connectivity index (χ0) is 12.1. The van der Waals surface area contributed by atoms with Crippen molar-refractivity contribution in [3.63, 3.8) is 0 Å². The summed E-state index contributed by atoms with van der Waals surface area (Å²) in [6.45, 7) is 1.68. The van der Waals surface area contributed by atoms with Crippen molar-refractivity contribution in [2.45, 2.75) is 25.8 Å². The molecular formula is C8H13N5O3. The fourth-order valence-electron chi connectivity index (χ4n) is 1.13. The zero-order valence-corrected chi connectivity index (χ0v) is 9.04. The highest BCUT2D eigenvalue weighted by atomic mass is 16.4. The van der Waals surface area contributed by atoms with Crippen LogP contribution in [-0.4, -0.2) is 43.2 Å². The van der Waals surface area contributed by atoms with Gasteiger partial charge in [0.2, 0.25) is 5.91 Å². The molecule has 0 aromatic carbocycles. The van der Waals surface area contributed by atoms with Gasteiger partial charge < -0.3 is 10.4 Å². The Labute approximate surface area is 91.6 Å². The highest BCUT2D eigenvalue weighted by Crippen LogP contribution is 1.94. The molecule has 1 rings (SSSR count). The number of hydrogen-bond donors (Lipinski definition) is 2. The number of tetrazole rings is 1. The molecule has 1 aromatic rings. The van der Waals surface area contributed by atoms with E-state index in [1.165, 1.54) is 4.68 Å². The fourth-order valence-corrected chi connectivity index (χ4v) is 1.13. The Morgan fingerprint density at radius 3 is 2.69 bits per heavy atom. The van der Waals surface area contributed by atoms with Gasteiger partial charge in [-0.15, -0.1) is 5.10 Å². The Bertz CT molecular complexity index is 389. The molecular weight excluding hydrogens is 214 g/mol. The van der Waals surface area contributed by atoms with E-state index in [2.05, 4.69) is 20.8 Å². The van der Waals surface area contributed by atoms with Gasteiger partial charge in [-0.3, -0.25) is 4.79 Å². The van der Waals surface area contributed by atoms with Crippen molar-refractivity contribution in [2.24, 2.45) is 7.05 Å². The molecule has 0 fully saturated rings. The van der Waals surface area contributed by atoms with E-state index in [-0.39, 0.29) is 6.42 Å². The number of aromatic nitrogens is 4. The first-order valence-electron chi connectivity index (χ1n) is 4.78. The summed E-state index contributed by atoms with van der Waals surface area (Å²) in [5.74, 6) is -1.07. The number of rotatable bonds is 5. The molecule has 1 unspecified atom stereocenters. The van der Waals surface area contributed by atoms with Crippen LogP contribution in [0.1, 0.15) is 19.2 Å². The Morgan fingerprint density at radius 1 is 1.56 bits per heavy atom. The van der Waals surface area contributed by atoms with E-state index in [0.29, 0.717) is 12.2 Å². The monoisotopic (exact) mass is 227 g/mol. The standard InChI is InChI=1S/C8H13N5O3/c1-3-5(8(15)16)9-7(14)4-6-10-11-12-13(6)2/h5H,3-4H2,1-2H3,(H,9,14)(H,15,16). The quantitative estimate of drug-likeness (QED) is 0.649. The number of nitrogens with one attached hydrogen (secondary N) is 1. The molecule has 1 heterocycles. The summed E-state index contributed by atoms with van der Waals surface area (Å²) in [6.07, 6.45) is 0.297.